The molecule has 0 radical (unpaired) electrons. The fourth-order valence-corrected chi connectivity index (χ4v) is 3.39. The van der Waals surface area contributed by atoms with Gasteiger partial charge in [0.05, 0.1) is 4.90 Å². The second-order valence-electron chi connectivity index (χ2n) is 4.40. The largest absolute Gasteiger partial charge is 0.339 e. The Morgan fingerprint density at radius 3 is 2.35 bits per heavy atom. The summed E-state index contributed by atoms with van der Waals surface area (Å²) in [6.45, 7) is 6.52. The van der Waals surface area contributed by atoms with E-state index in [0.29, 0.717) is 18.7 Å². The van der Waals surface area contributed by atoms with Crippen LogP contribution in [0.2, 0.25) is 5.02 Å². The van der Waals surface area contributed by atoms with Gasteiger partial charge in [-0.15, -0.1) is 0 Å². The molecule has 0 aliphatic rings. The first kappa shape index (κ1) is 17.3. The first-order valence-electron chi connectivity index (χ1n) is 6.26. The third kappa shape index (κ3) is 3.87. The lowest BCUT2D eigenvalue weighted by Crippen LogP contribution is -2.31. The molecule has 0 heterocycles. The maximum absolute atomic E-state index is 12.3. The molecule has 0 aliphatic heterocycles. The van der Waals surface area contributed by atoms with E-state index in [9.17, 15) is 13.2 Å². The number of rotatable bonds is 5. The minimum atomic E-state index is -3.94. The van der Waals surface area contributed by atoms with Gasteiger partial charge in [0.25, 0.3) is 15.0 Å². The molecule has 1 amide bonds. The number of hydrogen-bond acceptors (Lipinski definition) is 3. The van der Waals surface area contributed by atoms with Gasteiger partial charge in [0.1, 0.15) is 0 Å². The van der Waals surface area contributed by atoms with E-state index in [-0.39, 0.29) is 21.4 Å². The van der Waals surface area contributed by atoms with Crippen LogP contribution in [-0.4, -0.2) is 32.3 Å². The highest BCUT2D eigenvalue weighted by Gasteiger charge is 2.21. The van der Waals surface area contributed by atoms with E-state index in [4.69, 9.17) is 22.3 Å². The summed E-state index contributed by atoms with van der Waals surface area (Å²) in [5.41, 5.74) is 0.576. The number of nitrogens with zero attached hydrogens (tertiary/aromatic N) is 1. The predicted molar refractivity (Wildman–Crippen MR) is 81.1 cm³/mol. The Kier molecular flexibility index (Phi) is 5.86. The van der Waals surface area contributed by atoms with E-state index >= 15 is 0 Å². The Bertz CT molecular complexity index is 614. The predicted octanol–water partition coefficient (Wildman–Crippen LogP) is 3.45. The topological polar surface area (TPSA) is 54.5 Å². The zero-order valence-corrected chi connectivity index (χ0v) is 13.9. The Hall–Kier alpha value is -0.780. The van der Waals surface area contributed by atoms with Crippen LogP contribution in [0.25, 0.3) is 0 Å². The van der Waals surface area contributed by atoms with Crippen molar-refractivity contribution in [3.63, 3.8) is 0 Å². The molecule has 7 heteroatoms. The molecule has 0 aromatic heterocycles. The maximum atomic E-state index is 12.3. The highest BCUT2D eigenvalue weighted by Crippen LogP contribution is 2.28. The maximum Gasteiger partial charge on any atom is 0.261 e. The lowest BCUT2D eigenvalue weighted by Gasteiger charge is -2.20. The van der Waals surface area contributed by atoms with Gasteiger partial charge >= 0.3 is 0 Å². The Balaban J connectivity index is 3.34. The van der Waals surface area contributed by atoms with Crippen molar-refractivity contribution >= 4 is 37.2 Å². The summed E-state index contributed by atoms with van der Waals surface area (Å²) in [7, 11) is 1.44. The minimum Gasteiger partial charge on any atom is -0.339 e. The van der Waals surface area contributed by atoms with Crippen molar-refractivity contribution in [1.29, 1.82) is 0 Å². The van der Waals surface area contributed by atoms with Crippen LogP contribution < -0.4 is 0 Å². The van der Waals surface area contributed by atoms with E-state index in [1.54, 1.807) is 11.8 Å². The zero-order valence-electron chi connectivity index (χ0n) is 11.6. The van der Waals surface area contributed by atoms with Gasteiger partial charge in [0.15, 0.2) is 0 Å². The summed E-state index contributed by atoms with van der Waals surface area (Å²) in [4.78, 5) is 13.8. The van der Waals surface area contributed by atoms with Gasteiger partial charge in [-0.3, -0.25) is 4.79 Å². The summed E-state index contributed by atoms with van der Waals surface area (Å²) in [5, 5.41) is 0.211. The van der Waals surface area contributed by atoms with Crippen molar-refractivity contribution in [3.8, 4) is 0 Å². The van der Waals surface area contributed by atoms with E-state index in [1.165, 1.54) is 12.1 Å². The van der Waals surface area contributed by atoms with Crippen LogP contribution in [0.15, 0.2) is 17.0 Å². The minimum absolute atomic E-state index is 0.123. The Labute approximate surface area is 129 Å². The molecular weight excluding hydrogens is 321 g/mol. The van der Waals surface area contributed by atoms with Crippen LogP contribution in [0.4, 0.5) is 0 Å². The Morgan fingerprint density at radius 1 is 1.30 bits per heavy atom. The highest BCUT2D eigenvalue weighted by molar-refractivity contribution is 8.13. The molecule has 1 aromatic rings. The average Bonchev–Trinajstić information content (AvgIpc) is 2.36. The standard InChI is InChI=1S/C13H17Cl2NO3S/c1-4-6-16(5-2)13(17)10-7-11(14)9(3)12(8-10)20(15,18)19/h7-8H,4-6H2,1-3H3. The fourth-order valence-electron chi connectivity index (χ4n) is 1.89. The lowest BCUT2D eigenvalue weighted by molar-refractivity contribution is 0.0764. The lowest BCUT2D eigenvalue weighted by atomic mass is 10.1. The summed E-state index contributed by atoms with van der Waals surface area (Å²) in [5.74, 6) is -0.252. The normalized spacial score (nSPS) is 11.4. The van der Waals surface area contributed by atoms with Crippen molar-refractivity contribution < 1.29 is 13.2 Å². The summed E-state index contributed by atoms with van der Waals surface area (Å²) in [6, 6.07) is 2.76. The second-order valence-corrected chi connectivity index (χ2v) is 7.35. The molecule has 0 saturated heterocycles. The highest BCUT2D eigenvalue weighted by atomic mass is 35.7. The van der Waals surface area contributed by atoms with Gasteiger partial charge in [0.2, 0.25) is 0 Å². The number of carbonyl (C=O) groups is 1. The molecule has 4 nitrogen and oxygen atoms in total. The molecule has 0 saturated carbocycles. The van der Waals surface area contributed by atoms with Crippen molar-refractivity contribution in [2.45, 2.75) is 32.1 Å². The zero-order chi connectivity index (χ0) is 15.5. The van der Waals surface area contributed by atoms with E-state index in [1.807, 2.05) is 13.8 Å². The molecule has 1 aromatic carbocycles. The Morgan fingerprint density at radius 2 is 1.90 bits per heavy atom. The summed E-state index contributed by atoms with van der Waals surface area (Å²) >= 11 is 6.00. The second kappa shape index (κ2) is 6.78. The molecule has 0 spiro atoms. The molecule has 112 valence electrons. The third-order valence-corrected chi connectivity index (χ3v) is 4.81. The molecule has 0 fully saturated rings. The molecule has 20 heavy (non-hydrogen) atoms. The average molecular weight is 338 g/mol. The van der Waals surface area contributed by atoms with Gasteiger partial charge in [0, 0.05) is 34.4 Å². The van der Waals surface area contributed by atoms with Gasteiger partial charge < -0.3 is 4.90 Å². The molecule has 0 unspecified atom stereocenters. The molecule has 1 rings (SSSR count). The summed E-state index contributed by atoms with van der Waals surface area (Å²) < 4.78 is 23.1. The van der Waals surface area contributed by atoms with E-state index in [2.05, 4.69) is 0 Å². The van der Waals surface area contributed by atoms with Crippen LogP contribution >= 0.6 is 22.3 Å². The van der Waals surface area contributed by atoms with Crippen molar-refractivity contribution in [2.24, 2.45) is 0 Å². The number of halogens is 2. The smallest absolute Gasteiger partial charge is 0.261 e. The first-order chi connectivity index (χ1) is 9.22. The number of hydrogen-bond donors (Lipinski definition) is 0. The SMILES string of the molecule is CCCN(CC)C(=O)c1cc(Cl)c(C)c(S(=O)(=O)Cl)c1. The molecule has 0 N–H and O–H groups in total. The van der Waals surface area contributed by atoms with Crippen LogP contribution in [0.5, 0.6) is 0 Å². The monoisotopic (exact) mass is 337 g/mol. The molecular formula is C13H17Cl2NO3S. The molecule has 0 atom stereocenters. The molecule has 0 bridgehead atoms. The van der Waals surface area contributed by atoms with Crippen LogP contribution in [0.1, 0.15) is 36.2 Å². The van der Waals surface area contributed by atoms with Crippen molar-refractivity contribution in [2.75, 3.05) is 13.1 Å². The van der Waals surface area contributed by atoms with Crippen LogP contribution in [0, 0.1) is 6.92 Å². The van der Waals surface area contributed by atoms with Crippen LogP contribution in [0.3, 0.4) is 0 Å². The van der Waals surface area contributed by atoms with Gasteiger partial charge in [-0.05, 0) is 38.0 Å². The number of amides is 1. The molecule has 0 aliphatic carbocycles. The number of benzene rings is 1. The first-order valence-corrected chi connectivity index (χ1v) is 8.95. The van der Waals surface area contributed by atoms with Gasteiger partial charge in [-0.1, -0.05) is 18.5 Å². The summed E-state index contributed by atoms with van der Waals surface area (Å²) in [6.07, 6.45) is 0.819. The van der Waals surface area contributed by atoms with Gasteiger partial charge in [-0.2, -0.15) is 0 Å². The fraction of sp³-hybridized carbons (Fsp3) is 0.462. The van der Waals surface area contributed by atoms with Crippen LogP contribution in [-0.2, 0) is 9.05 Å². The van der Waals surface area contributed by atoms with E-state index in [0.717, 1.165) is 6.42 Å². The van der Waals surface area contributed by atoms with E-state index < -0.39 is 9.05 Å². The van der Waals surface area contributed by atoms with Gasteiger partial charge in [-0.25, -0.2) is 8.42 Å². The number of carbonyl (C=O) groups excluding carboxylic acids is 1. The van der Waals surface area contributed by atoms with Crippen molar-refractivity contribution in [3.05, 3.63) is 28.3 Å². The third-order valence-electron chi connectivity index (χ3n) is 2.97. The van der Waals surface area contributed by atoms with Crippen molar-refractivity contribution in [1.82, 2.24) is 4.90 Å². The quantitative estimate of drug-likeness (QED) is 0.773.